The van der Waals surface area contributed by atoms with Gasteiger partial charge in [0.25, 0.3) is 0 Å². The molecule has 1 heterocycles. The highest BCUT2D eigenvalue weighted by molar-refractivity contribution is 7.99. The van der Waals surface area contributed by atoms with Crippen LogP contribution in [0.4, 0.5) is 0 Å². The Labute approximate surface area is 96.4 Å². The highest BCUT2D eigenvalue weighted by Crippen LogP contribution is 2.33. The highest BCUT2D eigenvalue weighted by Gasteiger charge is 2.19. The van der Waals surface area contributed by atoms with Crippen molar-refractivity contribution in [3.63, 3.8) is 0 Å². The molecule has 82 valence electrons. The van der Waals surface area contributed by atoms with Gasteiger partial charge in [0.15, 0.2) is 0 Å². The lowest BCUT2D eigenvalue weighted by molar-refractivity contribution is 0.650. The van der Waals surface area contributed by atoms with Crippen LogP contribution in [-0.2, 0) is 12.2 Å². The second kappa shape index (κ2) is 4.58. The first-order valence-corrected chi connectivity index (χ1v) is 6.74. The van der Waals surface area contributed by atoms with Crippen LogP contribution in [0.2, 0.25) is 0 Å². The molecule has 2 unspecified atom stereocenters. The molecule has 0 saturated carbocycles. The summed E-state index contributed by atoms with van der Waals surface area (Å²) < 4.78 is 0. The van der Waals surface area contributed by atoms with Gasteiger partial charge in [-0.25, -0.2) is 0 Å². The minimum atomic E-state index is 0.233. The summed E-state index contributed by atoms with van der Waals surface area (Å²) in [6, 6.07) is 7.04. The van der Waals surface area contributed by atoms with Crippen LogP contribution in [0, 0.1) is 0 Å². The van der Waals surface area contributed by atoms with Gasteiger partial charge in [-0.05, 0) is 29.5 Å². The van der Waals surface area contributed by atoms with E-state index in [1.165, 1.54) is 16.7 Å². The molecule has 1 aliphatic rings. The highest BCUT2D eigenvalue weighted by atomic mass is 32.2. The molecular weight excluding hydrogens is 202 g/mol. The maximum atomic E-state index is 6.25. The number of nitrogens with two attached hydrogens (primary N) is 1. The monoisotopic (exact) mass is 221 g/mol. The zero-order valence-electron chi connectivity index (χ0n) is 9.49. The minimum Gasteiger partial charge on any atom is -0.324 e. The number of aryl methyl sites for hydroxylation is 1. The van der Waals surface area contributed by atoms with Crippen molar-refractivity contribution in [1.29, 1.82) is 0 Å². The number of fused-ring (bicyclic) bond motifs is 1. The molecule has 0 radical (unpaired) electrons. The van der Waals surface area contributed by atoms with Gasteiger partial charge >= 0.3 is 0 Å². The molecule has 2 rings (SSSR count). The van der Waals surface area contributed by atoms with Gasteiger partial charge in [-0.2, -0.15) is 11.8 Å². The Bertz CT molecular complexity index is 348. The molecule has 2 atom stereocenters. The maximum Gasteiger partial charge on any atom is 0.0308 e. The number of hydrogen-bond donors (Lipinski definition) is 1. The van der Waals surface area contributed by atoms with E-state index in [9.17, 15) is 0 Å². The van der Waals surface area contributed by atoms with Crippen LogP contribution >= 0.6 is 11.8 Å². The summed E-state index contributed by atoms with van der Waals surface area (Å²) in [5.74, 6) is 1.12. The Morgan fingerprint density at radius 1 is 1.47 bits per heavy atom. The first kappa shape index (κ1) is 11.0. The average molecular weight is 221 g/mol. The summed E-state index contributed by atoms with van der Waals surface area (Å²) >= 11 is 2.02. The average Bonchev–Trinajstić information content (AvgIpc) is 2.38. The molecule has 1 aliphatic heterocycles. The summed E-state index contributed by atoms with van der Waals surface area (Å²) in [6.45, 7) is 4.47. The second-order valence-corrected chi connectivity index (χ2v) is 5.78. The summed E-state index contributed by atoms with van der Waals surface area (Å²) in [6.07, 6.45) is 2.20. The Balaban J connectivity index is 2.36. The van der Waals surface area contributed by atoms with Crippen molar-refractivity contribution in [2.75, 3.05) is 0 Å². The predicted molar refractivity (Wildman–Crippen MR) is 68.1 cm³/mol. The molecule has 1 aromatic rings. The van der Waals surface area contributed by atoms with Crippen LogP contribution in [0.5, 0.6) is 0 Å². The summed E-state index contributed by atoms with van der Waals surface area (Å²) in [7, 11) is 0. The zero-order valence-corrected chi connectivity index (χ0v) is 10.3. The van der Waals surface area contributed by atoms with Gasteiger partial charge < -0.3 is 5.73 Å². The fourth-order valence-corrected chi connectivity index (χ4v) is 3.20. The van der Waals surface area contributed by atoms with Crippen LogP contribution in [0.3, 0.4) is 0 Å². The third kappa shape index (κ3) is 2.37. The van der Waals surface area contributed by atoms with Crippen molar-refractivity contribution in [3.05, 3.63) is 34.9 Å². The quantitative estimate of drug-likeness (QED) is 0.787. The first-order chi connectivity index (χ1) is 7.20. The molecule has 0 fully saturated rings. The van der Waals surface area contributed by atoms with Gasteiger partial charge in [-0.1, -0.05) is 32.0 Å². The number of benzene rings is 1. The van der Waals surface area contributed by atoms with E-state index in [-0.39, 0.29) is 6.04 Å². The topological polar surface area (TPSA) is 26.0 Å². The van der Waals surface area contributed by atoms with Gasteiger partial charge in [-0.15, -0.1) is 0 Å². The van der Waals surface area contributed by atoms with E-state index in [2.05, 4.69) is 32.0 Å². The van der Waals surface area contributed by atoms with Gasteiger partial charge in [0.1, 0.15) is 0 Å². The van der Waals surface area contributed by atoms with E-state index in [0.29, 0.717) is 5.25 Å². The van der Waals surface area contributed by atoms with Crippen molar-refractivity contribution in [1.82, 2.24) is 0 Å². The second-order valence-electron chi connectivity index (χ2n) is 4.35. The molecule has 0 amide bonds. The van der Waals surface area contributed by atoms with Crippen molar-refractivity contribution in [2.24, 2.45) is 5.73 Å². The summed E-state index contributed by atoms with van der Waals surface area (Å²) in [5.41, 5.74) is 10.5. The zero-order chi connectivity index (χ0) is 10.8. The molecule has 0 spiro atoms. The lowest BCUT2D eigenvalue weighted by Crippen LogP contribution is -2.14. The molecule has 0 bridgehead atoms. The van der Waals surface area contributed by atoms with Gasteiger partial charge in [0.05, 0.1) is 0 Å². The normalized spacial score (nSPS) is 25.8. The molecule has 0 aromatic heterocycles. The largest absolute Gasteiger partial charge is 0.324 e. The fraction of sp³-hybridized carbons (Fsp3) is 0.538. The van der Waals surface area contributed by atoms with E-state index >= 15 is 0 Å². The van der Waals surface area contributed by atoms with Crippen LogP contribution in [0.25, 0.3) is 0 Å². The third-order valence-corrected chi connectivity index (χ3v) is 4.37. The Morgan fingerprint density at radius 3 is 3.00 bits per heavy atom. The molecular formula is C13H19NS. The van der Waals surface area contributed by atoms with E-state index in [4.69, 9.17) is 5.73 Å². The van der Waals surface area contributed by atoms with E-state index < -0.39 is 0 Å². The van der Waals surface area contributed by atoms with Crippen LogP contribution in [-0.4, -0.2) is 5.25 Å². The maximum absolute atomic E-state index is 6.25. The van der Waals surface area contributed by atoms with E-state index in [1.54, 1.807) is 0 Å². The van der Waals surface area contributed by atoms with E-state index in [1.807, 2.05) is 11.8 Å². The van der Waals surface area contributed by atoms with Crippen molar-refractivity contribution in [2.45, 2.75) is 43.7 Å². The molecule has 0 aliphatic carbocycles. The Kier molecular flexibility index (Phi) is 3.37. The molecule has 0 saturated heterocycles. The standard InChI is InChI=1S/C13H19NS/c1-3-10-4-5-11-8-15-9(2)6-13(14)12(11)7-10/h4-5,7,9,13H,3,6,8,14H2,1-2H3. The number of thioether (sulfide) groups is 1. The molecule has 2 heteroatoms. The van der Waals surface area contributed by atoms with Crippen LogP contribution in [0.1, 0.15) is 43.0 Å². The van der Waals surface area contributed by atoms with Gasteiger partial charge in [0, 0.05) is 17.0 Å². The van der Waals surface area contributed by atoms with Gasteiger partial charge in [-0.3, -0.25) is 0 Å². The third-order valence-electron chi connectivity index (χ3n) is 3.13. The van der Waals surface area contributed by atoms with Crippen LogP contribution < -0.4 is 5.73 Å². The van der Waals surface area contributed by atoms with Crippen molar-refractivity contribution >= 4 is 11.8 Å². The Hall–Kier alpha value is -0.470. The number of hydrogen-bond acceptors (Lipinski definition) is 2. The smallest absolute Gasteiger partial charge is 0.0308 e. The number of rotatable bonds is 1. The molecule has 2 N–H and O–H groups in total. The fourth-order valence-electron chi connectivity index (χ4n) is 2.13. The van der Waals surface area contributed by atoms with Crippen LogP contribution in [0.15, 0.2) is 18.2 Å². The summed E-state index contributed by atoms with van der Waals surface area (Å²) in [4.78, 5) is 0. The molecule has 1 aromatic carbocycles. The molecule has 15 heavy (non-hydrogen) atoms. The molecule has 1 nitrogen and oxygen atoms in total. The lowest BCUT2D eigenvalue weighted by atomic mass is 9.96. The summed E-state index contributed by atoms with van der Waals surface area (Å²) in [5, 5.41) is 0.678. The van der Waals surface area contributed by atoms with E-state index in [0.717, 1.165) is 18.6 Å². The van der Waals surface area contributed by atoms with Crippen molar-refractivity contribution in [3.8, 4) is 0 Å². The minimum absolute atomic E-state index is 0.233. The SMILES string of the molecule is CCc1ccc2c(c1)C(N)CC(C)SC2. The predicted octanol–water partition coefficient (Wildman–Crippen LogP) is 3.27. The Morgan fingerprint density at radius 2 is 2.27 bits per heavy atom. The first-order valence-electron chi connectivity index (χ1n) is 5.69. The van der Waals surface area contributed by atoms with Gasteiger partial charge in [0.2, 0.25) is 0 Å². The van der Waals surface area contributed by atoms with Crippen molar-refractivity contribution < 1.29 is 0 Å². The lowest BCUT2D eigenvalue weighted by Gasteiger charge is -2.14.